The second-order valence-corrected chi connectivity index (χ2v) is 7.78. The Morgan fingerprint density at radius 3 is 2.63 bits per heavy atom. The Labute approximate surface area is 122 Å². The first-order valence-corrected chi connectivity index (χ1v) is 8.50. The van der Waals surface area contributed by atoms with Crippen molar-refractivity contribution in [3.8, 4) is 0 Å². The highest BCUT2D eigenvalue weighted by atomic mass is 32.1. The van der Waals surface area contributed by atoms with Crippen molar-refractivity contribution < 1.29 is 0 Å². The van der Waals surface area contributed by atoms with E-state index in [1.807, 2.05) is 11.3 Å². The standard InChI is InChI=1S/C16H28N2S/c1-6-12-8-9-16(10-12,17-7-2)14-18-13(11-19-14)15(3,4)5/h11-12,17H,6-10H2,1-5H3. The van der Waals surface area contributed by atoms with Crippen LogP contribution in [0.15, 0.2) is 5.38 Å². The monoisotopic (exact) mass is 280 g/mol. The molecule has 0 radical (unpaired) electrons. The van der Waals surface area contributed by atoms with Gasteiger partial charge in [-0.15, -0.1) is 11.3 Å². The molecule has 0 spiro atoms. The van der Waals surface area contributed by atoms with E-state index < -0.39 is 0 Å². The summed E-state index contributed by atoms with van der Waals surface area (Å²) in [7, 11) is 0. The summed E-state index contributed by atoms with van der Waals surface area (Å²) in [5.41, 5.74) is 1.55. The van der Waals surface area contributed by atoms with Gasteiger partial charge in [0.1, 0.15) is 5.01 Å². The smallest absolute Gasteiger partial charge is 0.113 e. The van der Waals surface area contributed by atoms with Crippen LogP contribution in [-0.4, -0.2) is 11.5 Å². The van der Waals surface area contributed by atoms with Crippen molar-refractivity contribution in [3.05, 3.63) is 16.1 Å². The lowest BCUT2D eigenvalue weighted by atomic mass is 9.92. The third kappa shape index (κ3) is 3.03. The van der Waals surface area contributed by atoms with Crippen molar-refractivity contribution in [3.63, 3.8) is 0 Å². The molecule has 0 saturated heterocycles. The molecule has 1 fully saturated rings. The molecule has 2 nitrogen and oxygen atoms in total. The van der Waals surface area contributed by atoms with Gasteiger partial charge in [0.15, 0.2) is 0 Å². The molecule has 1 saturated carbocycles. The van der Waals surface area contributed by atoms with E-state index in [0.29, 0.717) is 0 Å². The molecule has 1 heterocycles. The molecule has 2 atom stereocenters. The van der Waals surface area contributed by atoms with Gasteiger partial charge in [0.05, 0.1) is 11.2 Å². The second-order valence-electron chi connectivity index (χ2n) is 6.92. The van der Waals surface area contributed by atoms with Crippen LogP contribution in [0.5, 0.6) is 0 Å². The predicted octanol–water partition coefficient (Wildman–Crippen LogP) is 4.46. The number of rotatable bonds is 4. The summed E-state index contributed by atoms with van der Waals surface area (Å²) in [4.78, 5) is 4.98. The van der Waals surface area contributed by atoms with Crippen LogP contribution in [0.25, 0.3) is 0 Å². The summed E-state index contributed by atoms with van der Waals surface area (Å²) < 4.78 is 0. The molecule has 1 aromatic rings. The van der Waals surface area contributed by atoms with Gasteiger partial charge in [0.25, 0.3) is 0 Å². The van der Waals surface area contributed by atoms with E-state index in [1.54, 1.807) is 0 Å². The number of nitrogens with zero attached hydrogens (tertiary/aromatic N) is 1. The van der Waals surface area contributed by atoms with Crippen LogP contribution in [0.2, 0.25) is 0 Å². The highest BCUT2D eigenvalue weighted by Gasteiger charge is 2.41. The molecule has 2 unspecified atom stereocenters. The minimum absolute atomic E-state index is 0.156. The van der Waals surface area contributed by atoms with Crippen LogP contribution < -0.4 is 5.32 Å². The number of hydrogen-bond acceptors (Lipinski definition) is 3. The highest BCUT2D eigenvalue weighted by molar-refractivity contribution is 7.09. The number of thiazole rings is 1. The third-order valence-electron chi connectivity index (χ3n) is 4.39. The maximum atomic E-state index is 4.98. The molecular formula is C16H28N2S. The van der Waals surface area contributed by atoms with Crippen LogP contribution >= 0.6 is 11.3 Å². The van der Waals surface area contributed by atoms with Gasteiger partial charge in [-0.05, 0) is 31.7 Å². The molecule has 108 valence electrons. The van der Waals surface area contributed by atoms with Crippen LogP contribution in [0.4, 0.5) is 0 Å². The van der Waals surface area contributed by atoms with Gasteiger partial charge in [-0.3, -0.25) is 0 Å². The van der Waals surface area contributed by atoms with Crippen LogP contribution in [0.3, 0.4) is 0 Å². The first-order chi connectivity index (χ1) is 8.91. The molecule has 0 bridgehead atoms. The fourth-order valence-electron chi connectivity index (χ4n) is 3.10. The van der Waals surface area contributed by atoms with Gasteiger partial charge in [0.2, 0.25) is 0 Å². The molecule has 3 heteroatoms. The largest absolute Gasteiger partial charge is 0.306 e. The summed E-state index contributed by atoms with van der Waals surface area (Å²) in [6.07, 6.45) is 5.14. The fourth-order valence-corrected chi connectivity index (χ4v) is 4.37. The van der Waals surface area contributed by atoms with E-state index in [4.69, 9.17) is 4.98 Å². The Kier molecular flexibility index (Phi) is 4.36. The van der Waals surface area contributed by atoms with Crippen molar-refractivity contribution in [2.75, 3.05) is 6.54 Å². The van der Waals surface area contributed by atoms with Gasteiger partial charge in [0, 0.05) is 10.8 Å². The lowest BCUT2D eigenvalue weighted by Gasteiger charge is -2.28. The quantitative estimate of drug-likeness (QED) is 0.881. The highest BCUT2D eigenvalue weighted by Crippen LogP contribution is 2.45. The fraction of sp³-hybridized carbons (Fsp3) is 0.812. The molecule has 0 aliphatic heterocycles. The Hall–Kier alpha value is -0.410. The zero-order valence-electron chi connectivity index (χ0n) is 13.0. The molecule has 0 amide bonds. The number of hydrogen-bond donors (Lipinski definition) is 1. The normalized spacial score (nSPS) is 27.9. The van der Waals surface area contributed by atoms with Gasteiger partial charge in [-0.2, -0.15) is 0 Å². The van der Waals surface area contributed by atoms with Gasteiger partial charge in [-0.25, -0.2) is 4.98 Å². The topological polar surface area (TPSA) is 24.9 Å². The summed E-state index contributed by atoms with van der Waals surface area (Å²) in [6.45, 7) is 12.3. The summed E-state index contributed by atoms with van der Waals surface area (Å²) in [5.74, 6) is 0.862. The van der Waals surface area contributed by atoms with Gasteiger partial charge >= 0.3 is 0 Å². The van der Waals surface area contributed by atoms with E-state index >= 15 is 0 Å². The first-order valence-electron chi connectivity index (χ1n) is 7.63. The van der Waals surface area contributed by atoms with Crippen molar-refractivity contribution >= 4 is 11.3 Å². The van der Waals surface area contributed by atoms with Crippen molar-refractivity contribution in [1.82, 2.24) is 10.3 Å². The lowest BCUT2D eigenvalue weighted by Crippen LogP contribution is -2.40. The minimum Gasteiger partial charge on any atom is -0.306 e. The van der Waals surface area contributed by atoms with Crippen molar-refractivity contribution in [2.45, 2.75) is 71.3 Å². The molecule has 1 N–H and O–H groups in total. The van der Waals surface area contributed by atoms with Crippen LogP contribution in [0.1, 0.15) is 71.0 Å². The van der Waals surface area contributed by atoms with Crippen LogP contribution in [-0.2, 0) is 11.0 Å². The zero-order chi connectivity index (χ0) is 14.1. The number of nitrogens with one attached hydrogen (secondary N) is 1. The SMILES string of the molecule is CCNC1(c2nc(C(C)(C)C)cs2)CCC(CC)C1. The van der Waals surface area contributed by atoms with E-state index in [0.717, 1.165) is 12.5 Å². The third-order valence-corrected chi connectivity index (χ3v) is 5.44. The molecule has 0 aromatic carbocycles. The molecule has 1 aliphatic rings. The summed E-state index contributed by atoms with van der Waals surface area (Å²) >= 11 is 1.85. The Balaban J connectivity index is 2.27. The molecule has 19 heavy (non-hydrogen) atoms. The van der Waals surface area contributed by atoms with E-state index in [2.05, 4.69) is 45.3 Å². The second kappa shape index (κ2) is 5.53. The molecule has 1 aromatic heterocycles. The summed E-state index contributed by atoms with van der Waals surface area (Å²) in [6, 6.07) is 0. The maximum absolute atomic E-state index is 4.98. The van der Waals surface area contributed by atoms with E-state index in [1.165, 1.54) is 36.4 Å². The summed E-state index contributed by atoms with van der Waals surface area (Å²) in [5, 5.41) is 7.32. The van der Waals surface area contributed by atoms with Crippen LogP contribution in [0, 0.1) is 5.92 Å². The number of aromatic nitrogens is 1. The Morgan fingerprint density at radius 2 is 2.16 bits per heavy atom. The molecule has 2 rings (SSSR count). The van der Waals surface area contributed by atoms with Crippen molar-refractivity contribution in [2.24, 2.45) is 5.92 Å². The van der Waals surface area contributed by atoms with Gasteiger partial charge < -0.3 is 5.32 Å². The lowest BCUT2D eigenvalue weighted by molar-refractivity contribution is 0.330. The predicted molar refractivity (Wildman–Crippen MR) is 83.8 cm³/mol. The maximum Gasteiger partial charge on any atom is 0.113 e. The van der Waals surface area contributed by atoms with Gasteiger partial charge in [-0.1, -0.05) is 41.0 Å². The Morgan fingerprint density at radius 1 is 1.42 bits per heavy atom. The van der Waals surface area contributed by atoms with E-state index in [-0.39, 0.29) is 11.0 Å². The average Bonchev–Trinajstić information content (AvgIpc) is 2.95. The Bertz CT molecular complexity index is 419. The zero-order valence-corrected chi connectivity index (χ0v) is 13.9. The first kappa shape index (κ1) is 15.0. The molecular weight excluding hydrogens is 252 g/mol. The minimum atomic E-state index is 0.156. The molecule has 1 aliphatic carbocycles. The van der Waals surface area contributed by atoms with Crippen molar-refractivity contribution in [1.29, 1.82) is 0 Å². The average molecular weight is 280 g/mol. The van der Waals surface area contributed by atoms with E-state index in [9.17, 15) is 0 Å².